The van der Waals surface area contributed by atoms with Crippen LogP contribution in [0, 0.1) is 11.8 Å². The molecule has 2 atom stereocenters. The third kappa shape index (κ3) is 10.3. The number of nitrogens with zero attached hydrogens (tertiary/aromatic N) is 2. The fourth-order valence-electron chi connectivity index (χ4n) is 4.68. The van der Waals surface area contributed by atoms with E-state index in [0.29, 0.717) is 44.9 Å². The summed E-state index contributed by atoms with van der Waals surface area (Å²) in [5, 5.41) is 3.45. The van der Waals surface area contributed by atoms with Gasteiger partial charge >= 0.3 is 6.09 Å². The molecule has 39 heavy (non-hydrogen) atoms. The van der Waals surface area contributed by atoms with E-state index >= 15 is 0 Å². The van der Waals surface area contributed by atoms with Gasteiger partial charge in [0.1, 0.15) is 5.75 Å². The minimum absolute atomic E-state index is 0.00596. The van der Waals surface area contributed by atoms with Crippen molar-refractivity contribution in [3.8, 4) is 5.75 Å². The predicted molar refractivity (Wildman–Crippen MR) is 154 cm³/mol. The normalized spacial score (nSPS) is 17.4. The summed E-state index contributed by atoms with van der Waals surface area (Å²) in [6, 6.07) is 5.80. The minimum Gasteiger partial charge on any atom is -0.493 e. The molecule has 0 bridgehead atoms. The quantitative estimate of drug-likeness (QED) is 0.309. The van der Waals surface area contributed by atoms with Crippen molar-refractivity contribution in [1.82, 2.24) is 15.1 Å². The summed E-state index contributed by atoms with van der Waals surface area (Å²) in [6.45, 7) is 14.4. The molecule has 1 fully saturated rings. The van der Waals surface area contributed by atoms with Crippen molar-refractivity contribution in [1.29, 1.82) is 0 Å². The Morgan fingerprint density at radius 3 is 2.38 bits per heavy atom. The molecule has 222 valence electrons. The summed E-state index contributed by atoms with van der Waals surface area (Å²) >= 11 is 0. The highest BCUT2D eigenvalue weighted by Crippen LogP contribution is 2.25. The SMILES string of the molecule is CCc1ccc(C(=O)N(C[C@@H]2CNC[C@H]2CN(C)C(=O)OCCC(C)(C)OC)C(C)C)cc1OCCCOC. The zero-order valence-electron chi connectivity index (χ0n) is 25.4. The number of carbonyl (C=O) groups is 2. The maximum atomic E-state index is 13.7. The van der Waals surface area contributed by atoms with Gasteiger partial charge in [-0.2, -0.15) is 0 Å². The first-order valence-corrected chi connectivity index (χ1v) is 14.2. The van der Waals surface area contributed by atoms with Gasteiger partial charge in [0.05, 0.1) is 18.8 Å². The average Bonchev–Trinajstić information content (AvgIpc) is 3.35. The van der Waals surface area contributed by atoms with E-state index in [1.807, 2.05) is 50.8 Å². The van der Waals surface area contributed by atoms with Crippen LogP contribution in [0.15, 0.2) is 18.2 Å². The van der Waals surface area contributed by atoms with Crippen LogP contribution in [-0.4, -0.2) is 101 Å². The van der Waals surface area contributed by atoms with Gasteiger partial charge in [-0.1, -0.05) is 13.0 Å². The van der Waals surface area contributed by atoms with Crippen molar-refractivity contribution in [3.05, 3.63) is 29.3 Å². The number of amides is 2. The van der Waals surface area contributed by atoms with E-state index in [-0.39, 0.29) is 35.5 Å². The average molecular weight is 550 g/mol. The van der Waals surface area contributed by atoms with Crippen LogP contribution in [0.2, 0.25) is 0 Å². The lowest BCUT2D eigenvalue weighted by molar-refractivity contribution is -0.00303. The Morgan fingerprint density at radius 2 is 1.77 bits per heavy atom. The first kappa shape index (κ1) is 32.8. The molecule has 1 N–H and O–H groups in total. The fraction of sp³-hybridized carbons (Fsp3) is 0.733. The van der Waals surface area contributed by atoms with Gasteiger partial charge in [-0.25, -0.2) is 4.79 Å². The van der Waals surface area contributed by atoms with Crippen LogP contribution in [0.5, 0.6) is 5.75 Å². The second-order valence-corrected chi connectivity index (χ2v) is 11.3. The number of nitrogens with one attached hydrogen (secondary N) is 1. The summed E-state index contributed by atoms with van der Waals surface area (Å²) in [5.74, 6) is 1.19. The molecule has 2 rings (SSSR count). The van der Waals surface area contributed by atoms with Crippen LogP contribution in [0.3, 0.4) is 0 Å². The van der Waals surface area contributed by atoms with E-state index in [4.69, 9.17) is 18.9 Å². The van der Waals surface area contributed by atoms with Gasteiger partial charge in [-0.3, -0.25) is 4.79 Å². The van der Waals surface area contributed by atoms with Crippen molar-refractivity contribution in [2.24, 2.45) is 11.8 Å². The molecule has 9 heteroatoms. The fourth-order valence-corrected chi connectivity index (χ4v) is 4.68. The Labute approximate surface area is 235 Å². The molecule has 1 saturated heterocycles. The lowest BCUT2D eigenvalue weighted by Crippen LogP contribution is -2.44. The number of methoxy groups -OCH3 is 2. The van der Waals surface area contributed by atoms with Crippen molar-refractivity contribution in [2.75, 3.05) is 67.3 Å². The molecule has 1 aromatic carbocycles. The molecule has 0 unspecified atom stereocenters. The molecular formula is C30H51N3O6. The highest BCUT2D eigenvalue weighted by Gasteiger charge is 2.33. The van der Waals surface area contributed by atoms with Gasteiger partial charge in [0.25, 0.3) is 5.91 Å². The third-order valence-corrected chi connectivity index (χ3v) is 7.54. The summed E-state index contributed by atoms with van der Waals surface area (Å²) < 4.78 is 22.0. The van der Waals surface area contributed by atoms with E-state index < -0.39 is 0 Å². The van der Waals surface area contributed by atoms with E-state index in [9.17, 15) is 9.59 Å². The number of ether oxygens (including phenoxy) is 4. The molecule has 1 aliphatic heterocycles. The summed E-state index contributed by atoms with van der Waals surface area (Å²) in [5.41, 5.74) is 1.38. The Bertz CT molecular complexity index is 907. The van der Waals surface area contributed by atoms with Crippen molar-refractivity contribution < 1.29 is 28.5 Å². The van der Waals surface area contributed by atoms with Crippen LogP contribution >= 0.6 is 0 Å². The molecule has 1 aliphatic rings. The van der Waals surface area contributed by atoms with Crippen molar-refractivity contribution in [2.45, 2.75) is 65.5 Å². The van der Waals surface area contributed by atoms with Crippen LogP contribution in [-0.2, 0) is 20.6 Å². The molecule has 0 saturated carbocycles. The zero-order valence-corrected chi connectivity index (χ0v) is 25.4. The molecule has 1 heterocycles. The maximum Gasteiger partial charge on any atom is 0.409 e. The monoisotopic (exact) mass is 549 g/mol. The van der Waals surface area contributed by atoms with E-state index in [1.165, 1.54) is 0 Å². The molecular weight excluding hydrogens is 498 g/mol. The van der Waals surface area contributed by atoms with Crippen LogP contribution in [0.4, 0.5) is 4.79 Å². The predicted octanol–water partition coefficient (Wildman–Crippen LogP) is 4.23. The standard InChI is InChI=1S/C30H51N3O6/c1-9-23-11-12-24(17-27(23)38-15-10-14-36-7)28(34)33(22(2)3)21-26-19-31-18-25(26)20-32(6)29(35)39-16-13-30(4,5)37-8/h11-12,17,22,25-26,31H,9-10,13-16,18-21H2,1-8H3/t25-,26-/m0/s1. The Kier molecular flexibility index (Phi) is 13.5. The van der Waals surface area contributed by atoms with E-state index in [2.05, 4.69) is 12.2 Å². The van der Waals surface area contributed by atoms with E-state index in [1.54, 1.807) is 26.2 Å². The highest BCUT2D eigenvalue weighted by molar-refractivity contribution is 5.95. The van der Waals surface area contributed by atoms with Gasteiger partial charge in [0, 0.05) is 78.5 Å². The number of hydrogen-bond acceptors (Lipinski definition) is 7. The molecule has 0 radical (unpaired) electrons. The van der Waals surface area contributed by atoms with Gasteiger partial charge in [-0.15, -0.1) is 0 Å². The van der Waals surface area contributed by atoms with Crippen LogP contribution in [0.25, 0.3) is 0 Å². The van der Waals surface area contributed by atoms with E-state index in [0.717, 1.165) is 37.2 Å². The van der Waals surface area contributed by atoms with Crippen molar-refractivity contribution in [3.63, 3.8) is 0 Å². The third-order valence-electron chi connectivity index (χ3n) is 7.54. The number of carbonyl (C=O) groups excluding carboxylic acids is 2. The second-order valence-electron chi connectivity index (χ2n) is 11.3. The van der Waals surface area contributed by atoms with Crippen LogP contribution in [0.1, 0.15) is 63.4 Å². The molecule has 0 aliphatic carbocycles. The Hall–Kier alpha value is -2.36. The maximum absolute atomic E-state index is 13.7. The molecule has 9 nitrogen and oxygen atoms in total. The minimum atomic E-state index is -0.335. The summed E-state index contributed by atoms with van der Waals surface area (Å²) in [7, 11) is 5.11. The van der Waals surface area contributed by atoms with Gasteiger partial charge in [-0.05, 0) is 63.6 Å². The Balaban J connectivity index is 2.03. The molecule has 0 aromatic heterocycles. The van der Waals surface area contributed by atoms with Gasteiger partial charge in [0.2, 0.25) is 0 Å². The lowest BCUT2D eigenvalue weighted by Gasteiger charge is -2.33. The van der Waals surface area contributed by atoms with Gasteiger partial charge in [0.15, 0.2) is 0 Å². The smallest absolute Gasteiger partial charge is 0.409 e. The first-order chi connectivity index (χ1) is 18.5. The number of aryl methyl sites for hydroxylation is 1. The molecule has 1 aromatic rings. The summed E-state index contributed by atoms with van der Waals surface area (Å²) in [6.07, 6.45) is 1.91. The first-order valence-electron chi connectivity index (χ1n) is 14.2. The Morgan fingerprint density at radius 1 is 1.08 bits per heavy atom. The lowest BCUT2D eigenvalue weighted by atomic mass is 9.94. The summed E-state index contributed by atoms with van der Waals surface area (Å²) in [4.78, 5) is 29.9. The van der Waals surface area contributed by atoms with Gasteiger partial charge < -0.3 is 34.1 Å². The van der Waals surface area contributed by atoms with Crippen molar-refractivity contribution >= 4 is 12.0 Å². The van der Waals surface area contributed by atoms with Crippen LogP contribution < -0.4 is 10.1 Å². The topological polar surface area (TPSA) is 89.6 Å². The molecule has 2 amide bonds. The number of benzene rings is 1. The zero-order chi connectivity index (χ0) is 29.0. The number of hydrogen-bond donors (Lipinski definition) is 1. The largest absolute Gasteiger partial charge is 0.493 e. The number of rotatable bonds is 16. The highest BCUT2D eigenvalue weighted by atomic mass is 16.6. The second kappa shape index (κ2) is 16.0. The molecule has 0 spiro atoms.